The second kappa shape index (κ2) is 10.8. The van der Waals surface area contributed by atoms with Crippen LogP contribution in [0.3, 0.4) is 0 Å². The number of piperidine rings is 1. The van der Waals surface area contributed by atoms with E-state index in [0.717, 1.165) is 5.56 Å². The fraction of sp³-hybridized carbons (Fsp3) is 0.321. The molecule has 5 rings (SSSR count). The number of nitrogens with one attached hydrogen (secondary N) is 2. The highest BCUT2D eigenvalue weighted by atomic mass is 16.7. The molecule has 3 aromatic rings. The van der Waals surface area contributed by atoms with Gasteiger partial charge in [-0.1, -0.05) is 17.7 Å². The van der Waals surface area contributed by atoms with Gasteiger partial charge in [0.1, 0.15) is 11.8 Å². The van der Waals surface area contributed by atoms with Gasteiger partial charge >= 0.3 is 0 Å². The number of fused-ring (bicyclic) bond motifs is 1. The average Bonchev–Trinajstić information content (AvgIpc) is 3.62. The van der Waals surface area contributed by atoms with E-state index in [4.69, 9.17) is 13.9 Å². The topological polar surface area (TPSA) is 110 Å². The highest BCUT2D eigenvalue weighted by Crippen LogP contribution is 2.33. The van der Waals surface area contributed by atoms with Crippen LogP contribution in [0.25, 0.3) is 0 Å². The lowest BCUT2D eigenvalue weighted by Crippen LogP contribution is -2.53. The molecule has 1 saturated heterocycles. The van der Waals surface area contributed by atoms with Crippen molar-refractivity contribution in [1.29, 1.82) is 0 Å². The Kier molecular flexibility index (Phi) is 7.11. The molecule has 0 saturated carbocycles. The minimum Gasteiger partial charge on any atom is -0.467 e. The SMILES string of the molecule is Cc1cccc(C(=O)NC(C(=O)NCc2ccco2)C2CCN(C(=O)c3ccc4c(c3)OCO4)CC2)c1. The summed E-state index contributed by atoms with van der Waals surface area (Å²) >= 11 is 0. The number of ether oxygens (including phenoxy) is 2. The number of hydrogen-bond acceptors (Lipinski definition) is 6. The van der Waals surface area contributed by atoms with E-state index in [0.29, 0.717) is 54.3 Å². The van der Waals surface area contributed by atoms with Crippen LogP contribution in [0.2, 0.25) is 0 Å². The van der Waals surface area contributed by atoms with Crippen molar-refractivity contribution in [2.45, 2.75) is 32.4 Å². The number of likely N-dealkylation sites (tertiary alicyclic amines) is 1. The van der Waals surface area contributed by atoms with Gasteiger partial charge in [-0.15, -0.1) is 0 Å². The summed E-state index contributed by atoms with van der Waals surface area (Å²) < 4.78 is 16.0. The van der Waals surface area contributed by atoms with Gasteiger partial charge in [0.2, 0.25) is 12.7 Å². The van der Waals surface area contributed by atoms with Gasteiger partial charge < -0.3 is 29.4 Å². The Morgan fingerprint density at radius 3 is 2.54 bits per heavy atom. The quantitative estimate of drug-likeness (QED) is 0.512. The first-order valence-electron chi connectivity index (χ1n) is 12.3. The van der Waals surface area contributed by atoms with E-state index in [1.807, 2.05) is 19.1 Å². The van der Waals surface area contributed by atoms with E-state index in [2.05, 4.69) is 10.6 Å². The van der Waals surface area contributed by atoms with Gasteiger partial charge in [0.25, 0.3) is 11.8 Å². The van der Waals surface area contributed by atoms with Crippen LogP contribution in [0.4, 0.5) is 0 Å². The fourth-order valence-electron chi connectivity index (χ4n) is 4.75. The molecule has 0 aliphatic carbocycles. The van der Waals surface area contributed by atoms with E-state index in [9.17, 15) is 14.4 Å². The Hall–Kier alpha value is -4.27. The zero-order valence-electron chi connectivity index (χ0n) is 20.6. The Balaban J connectivity index is 1.26. The summed E-state index contributed by atoms with van der Waals surface area (Å²) in [6.45, 7) is 3.23. The van der Waals surface area contributed by atoms with E-state index in [-0.39, 0.29) is 37.0 Å². The molecule has 9 nitrogen and oxygen atoms in total. The zero-order valence-corrected chi connectivity index (χ0v) is 20.6. The van der Waals surface area contributed by atoms with Crippen molar-refractivity contribution in [1.82, 2.24) is 15.5 Å². The van der Waals surface area contributed by atoms with Gasteiger partial charge in [0.05, 0.1) is 12.8 Å². The number of nitrogens with zero attached hydrogens (tertiary/aromatic N) is 1. The molecule has 2 aromatic carbocycles. The van der Waals surface area contributed by atoms with Crippen molar-refractivity contribution in [3.8, 4) is 11.5 Å². The van der Waals surface area contributed by atoms with Crippen molar-refractivity contribution in [2.75, 3.05) is 19.9 Å². The molecule has 2 N–H and O–H groups in total. The van der Waals surface area contributed by atoms with Crippen molar-refractivity contribution in [3.05, 3.63) is 83.3 Å². The Labute approximate surface area is 214 Å². The maximum absolute atomic E-state index is 13.2. The molecule has 1 atom stereocenters. The van der Waals surface area contributed by atoms with Crippen LogP contribution in [-0.4, -0.2) is 48.5 Å². The van der Waals surface area contributed by atoms with E-state index < -0.39 is 6.04 Å². The molecule has 9 heteroatoms. The van der Waals surface area contributed by atoms with E-state index in [1.54, 1.807) is 53.6 Å². The zero-order chi connectivity index (χ0) is 25.8. The molecule has 3 heterocycles. The second-order valence-corrected chi connectivity index (χ2v) is 9.32. The number of aryl methyl sites for hydroxylation is 1. The van der Waals surface area contributed by atoms with Crippen LogP contribution in [0, 0.1) is 12.8 Å². The molecular formula is C28H29N3O6. The molecular weight excluding hydrogens is 474 g/mol. The smallest absolute Gasteiger partial charge is 0.253 e. The predicted octanol–water partition coefficient (Wildman–Crippen LogP) is 3.28. The normalized spacial score (nSPS) is 15.8. The van der Waals surface area contributed by atoms with Gasteiger partial charge in [-0.25, -0.2) is 0 Å². The Morgan fingerprint density at radius 2 is 1.78 bits per heavy atom. The highest BCUT2D eigenvalue weighted by molar-refractivity contribution is 5.98. The third kappa shape index (κ3) is 5.61. The monoisotopic (exact) mass is 503 g/mol. The first-order chi connectivity index (χ1) is 18.0. The summed E-state index contributed by atoms with van der Waals surface area (Å²) in [4.78, 5) is 41.2. The van der Waals surface area contributed by atoms with Gasteiger partial charge in [-0.2, -0.15) is 0 Å². The third-order valence-electron chi connectivity index (χ3n) is 6.78. The average molecular weight is 504 g/mol. The predicted molar refractivity (Wildman–Crippen MR) is 134 cm³/mol. The van der Waals surface area contributed by atoms with Crippen LogP contribution >= 0.6 is 0 Å². The minimum atomic E-state index is -0.745. The lowest BCUT2D eigenvalue weighted by atomic mass is 9.88. The van der Waals surface area contributed by atoms with Crippen LogP contribution in [-0.2, 0) is 11.3 Å². The fourth-order valence-corrected chi connectivity index (χ4v) is 4.75. The number of benzene rings is 2. The summed E-state index contributed by atoms with van der Waals surface area (Å²) in [5.74, 6) is 1.00. The van der Waals surface area contributed by atoms with Crippen molar-refractivity contribution in [2.24, 2.45) is 5.92 Å². The molecule has 192 valence electrons. The number of amides is 3. The van der Waals surface area contributed by atoms with Crippen LogP contribution < -0.4 is 20.1 Å². The number of carbonyl (C=O) groups is 3. The van der Waals surface area contributed by atoms with E-state index in [1.165, 1.54) is 0 Å². The summed E-state index contributed by atoms with van der Waals surface area (Å²) in [5, 5.41) is 5.83. The third-order valence-corrected chi connectivity index (χ3v) is 6.78. The summed E-state index contributed by atoms with van der Waals surface area (Å²) in [5.41, 5.74) is 1.99. The number of furan rings is 1. The van der Waals surface area contributed by atoms with Gasteiger partial charge in [-0.3, -0.25) is 14.4 Å². The molecule has 3 amide bonds. The van der Waals surface area contributed by atoms with Gasteiger partial charge in [0.15, 0.2) is 11.5 Å². The van der Waals surface area contributed by atoms with E-state index >= 15 is 0 Å². The molecule has 2 aliphatic rings. The van der Waals surface area contributed by atoms with Crippen molar-refractivity contribution in [3.63, 3.8) is 0 Å². The molecule has 0 bridgehead atoms. The molecule has 1 fully saturated rings. The molecule has 0 spiro atoms. The van der Waals surface area contributed by atoms with Gasteiger partial charge in [0, 0.05) is 24.2 Å². The summed E-state index contributed by atoms with van der Waals surface area (Å²) in [6, 6.07) is 15.2. The summed E-state index contributed by atoms with van der Waals surface area (Å²) in [6.07, 6.45) is 2.69. The van der Waals surface area contributed by atoms with Crippen LogP contribution in [0.15, 0.2) is 65.3 Å². The number of hydrogen-bond donors (Lipinski definition) is 2. The van der Waals surface area contributed by atoms with Crippen LogP contribution in [0.5, 0.6) is 11.5 Å². The summed E-state index contributed by atoms with van der Waals surface area (Å²) in [7, 11) is 0. The molecule has 2 aliphatic heterocycles. The highest BCUT2D eigenvalue weighted by Gasteiger charge is 2.34. The lowest BCUT2D eigenvalue weighted by molar-refractivity contribution is -0.124. The van der Waals surface area contributed by atoms with Crippen molar-refractivity contribution >= 4 is 17.7 Å². The maximum atomic E-state index is 13.2. The Bertz CT molecular complexity index is 1280. The largest absolute Gasteiger partial charge is 0.467 e. The Morgan fingerprint density at radius 1 is 0.973 bits per heavy atom. The second-order valence-electron chi connectivity index (χ2n) is 9.32. The van der Waals surface area contributed by atoms with Crippen molar-refractivity contribution < 1.29 is 28.3 Å². The molecule has 1 unspecified atom stereocenters. The number of carbonyl (C=O) groups excluding carboxylic acids is 3. The minimum absolute atomic E-state index is 0.0978. The number of rotatable bonds is 7. The first kappa shape index (κ1) is 24.4. The van der Waals surface area contributed by atoms with Gasteiger partial charge in [-0.05, 0) is 68.1 Å². The lowest BCUT2D eigenvalue weighted by Gasteiger charge is -2.36. The standard InChI is InChI=1S/C28H29N3O6/c1-18-4-2-5-20(14-18)26(32)30-25(27(33)29-16-22-6-3-13-35-22)19-9-11-31(12-10-19)28(34)21-7-8-23-24(15-21)37-17-36-23/h2-8,13-15,19,25H,9-12,16-17H2,1H3,(H,29,33)(H,30,32). The molecule has 37 heavy (non-hydrogen) atoms. The molecule has 1 aromatic heterocycles. The van der Waals surface area contributed by atoms with Crippen LogP contribution in [0.1, 0.15) is 44.9 Å². The maximum Gasteiger partial charge on any atom is 0.253 e. The molecule has 0 radical (unpaired) electrons. The first-order valence-corrected chi connectivity index (χ1v) is 12.3.